The molecule has 0 spiro atoms. The minimum Gasteiger partial charge on any atom is -0.381 e. The van der Waals surface area contributed by atoms with Gasteiger partial charge in [0.25, 0.3) is 0 Å². The van der Waals surface area contributed by atoms with Gasteiger partial charge in [0.2, 0.25) is 0 Å². The van der Waals surface area contributed by atoms with Crippen molar-refractivity contribution >= 4 is 0 Å². The van der Waals surface area contributed by atoms with E-state index < -0.39 is 0 Å². The molecule has 0 aliphatic carbocycles. The Hall–Kier alpha value is -0.900. The largest absolute Gasteiger partial charge is 0.381 e. The number of rotatable bonds is 6. The third-order valence-corrected chi connectivity index (χ3v) is 3.23. The van der Waals surface area contributed by atoms with Crippen LogP contribution in [0.25, 0.3) is 0 Å². The van der Waals surface area contributed by atoms with Crippen molar-refractivity contribution in [3.63, 3.8) is 0 Å². The van der Waals surface area contributed by atoms with Crippen LogP contribution in [0.3, 0.4) is 0 Å². The van der Waals surface area contributed by atoms with E-state index in [2.05, 4.69) is 35.2 Å². The standard InChI is InChI=1S/C14H22N2O/c15-7-8-16(11-14-6-9-17-12-14)10-13-4-2-1-3-5-13/h1-5,14H,6-12,15H2. The van der Waals surface area contributed by atoms with Crippen LogP contribution in [0.5, 0.6) is 0 Å². The van der Waals surface area contributed by atoms with Gasteiger partial charge in [-0.3, -0.25) is 4.90 Å². The Morgan fingerprint density at radius 1 is 1.29 bits per heavy atom. The molecule has 1 heterocycles. The van der Waals surface area contributed by atoms with Gasteiger partial charge in [-0.05, 0) is 17.9 Å². The van der Waals surface area contributed by atoms with Gasteiger partial charge in [-0.15, -0.1) is 0 Å². The lowest BCUT2D eigenvalue weighted by Crippen LogP contribution is -2.33. The highest BCUT2D eigenvalue weighted by molar-refractivity contribution is 5.14. The summed E-state index contributed by atoms with van der Waals surface area (Å²) < 4.78 is 5.43. The summed E-state index contributed by atoms with van der Waals surface area (Å²) >= 11 is 0. The number of nitrogens with zero attached hydrogens (tertiary/aromatic N) is 1. The van der Waals surface area contributed by atoms with E-state index in [1.54, 1.807) is 0 Å². The van der Waals surface area contributed by atoms with Gasteiger partial charge in [-0.25, -0.2) is 0 Å². The van der Waals surface area contributed by atoms with E-state index in [1.807, 2.05) is 0 Å². The first kappa shape index (κ1) is 12.6. The highest BCUT2D eigenvalue weighted by Crippen LogP contribution is 2.15. The van der Waals surface area contributed by atoms with Crippen molar-refractivity contribution in [2.75, 3.05) is 32.8 Å². The Labute approximate surface area is 104 Å². The zero-order valence-corrected chi connectivity index (χ0v) is 10.3. The van der Waals surface area contributed by atoms with Crippen LogP contribution < -0.4 is 5.73 Å². The van der Waals surface area contributed by atoms with Crippen LogP contribution in [0.1, 0.15) is 12.0 Å². The van der Waals surface area contributed by atoms with Crippen molar-refractivity contribution in [3.05, 3.63) is 35.9 Å². The average Bonchev–Trinajstić information content (AvgIpc) is 2.83. The molecule has 1 atom stereocenters. The van der Waals surface area contributed by atoms with Gasteiger partial charge in [-0.2, -0.15) is 0 Å². The van der Waals surface area contributed by atoms with Crippen LogP contribution in [0.4, 0.5) is 0 Å². The number of hydrogen-bond acceptors (Lipinski definition) is 3. The Morgan fingerprint density at radius 3 is 2.76 bits per heavy atom. The smallest absolute Gasteiger partial charge is 0.0507 e. The topological polar surface area (TPSA) is 38.5 Å². The van der Waals surface area contributed by atoms with Gasteiger partial charge in [0.15, 0.2) is 0 Å². The molecule has 1 aliphatic rings. The fourth-order valence-electron chi connectivity index (χ4n) is 2.35. The minimum absolute atomic E-state index is 0.685. The van der Waals surface area contributed by atoms with Gasteiger partial charge < -0.3 is 10.5 Å². The van der Waals surface area contributed by atoms with Gasteiger partial charge in [0, 0.05) is 32.8 Å². The van der Waals surface area contributed by atoms with Gasteiger partial charge in [-0.1, -0.05) is 30.3 Å². The molecule has 17 heavy (non-hydrogen) atoms. The summed E-state index contributed by atoms with van der Waals surface area (Å²) in [4.78, 5) is 2.44. The van der Waals surface area contributed by atoms with Gasteiger partial charge in [0.05, 0.1) is 6.61 Å². The number of benzene rings is 1. The Morgan fingerprint density at radius 2 is 2.12 bits per heavy atom. The molecule has 0 amide bonds. The van der Waals surface area contributed by atoms with Crippen molar-refractivity contribution in [2.24, 2.45) is 11.7 Å². The molecule has 1 unspecified atom stereocenters. The first-order valence-electron chi connectivity index (χ1n) is 6.42. The van der Waals surface area contributed by atoms with Crippen molar-refractivity contribution in [2.45, 2.75) is 13.0 Å². The normalized spacial score (nSPS) is 20.0. The molecule has 94 valence electrons. The molecule has 2 N–H and O–H groups in total. The van der Waals surface area contributed by atoms with E-state index >= 15 is 0 Å². The molecule has 1 saturated heterocycles. The first-order chi connectivity index (χ1) is 8.38. The fraction of sp³-hybridized carbons (Fsp3) is 0.571. The summed E-state index contributed by atoms with van der Waals surface area (Å²) in [5, 5.41) is 0. The lowest BCUT2D eigenvalue weighted by Gasteiger charge is -2.24. The third kappa shape index (κ3) is 4.11. The van der Waals surface area contributed by atoms with E-state index in [9.17, 15) is 0 Å². The third-order valence-electron chi connectivity index (χ3n) is 3.23. The summed E-state index contributed by atoms with van der Waals surface area (Å²) in [7, 11) is 0. The Bertz CT molecular complexity index is 309. The van der Waals surface area contributed by atoms with Gasteiger partial charge >= 0.3 is 0 Å². The number of nitrogens with two attached hydrogens (primary N) is 1. The summed E-state index contributed by atoms with van der Waals surface area (Å²) in [5.41, 5.74) is 7.05. The zero-order chi connectivity index (χ0) is 11.9. The van der Waals surface area contributed by atoms with Crippen LogP contribution in [0.15, 0.2) is 30.3 Å². The van der Waals surface area contributed by atoms with Crippen LogP contribution in [0.2, 0.25) is 0 Å². The molecule has 1 aliphatic heterocycles. The van der Waals surface area contributed by atoms with Crippen molar-refractivity contribution in [3.8, 4) is 0 Å². The molecule has 0 saturated carbocycles. The Kier molecular flexibility index (Phi) is 4.98. The molecule has 1 aromatic rings. The first-order valence-corrected chi connectivity index (χ1v) is 6.42. The van der Waals surface area contributed by atoms with E-state index in [0.717, 1.165) is 39.4 Å². The molecule has 0 aromatic heterocycles. The predicted molar refractivity (Wildman–Crippen MR) is 69.7 cm³/mol. The highest BCUT2D eigenvalue weighted by atomic mass is 16.5. The average molecular weight is 234 g/mol. The second-order valence-corrected chi connectivity index (χ2v) is 4.74. The Balaban J connectivity index is 1.87. The van der Waals surface area contributed by atoms with Crippen molar-refractivity contribution < 1.29 is 4.74 Å². The van der Waals surface area contributed by atoms with Crippen molar-refractivity contribution in [1.29, 1.82) is 0 Å². The lowest BCUT2D eigenvalue weighted by molar-refractivity contribution is 0.165. The monoisotopic (exact) mass is 234 g/mol. The van der Waals surface area contributed by atoms with Crippen LogP contribution >= 0.6 is 0 Å². The number of ether oxygens (including phenoxy) is 1. The summed E-state index contributed by atoms with van der Waals surface area (Å²) in [6.07, 6.45) is 1.19. The second kappa shape index (κ2) is 6.74. The molecule has 3 heteroatoms. The predicted octanol–water partition coefficient (Wildman–Crippen LogP) is 1.48. The molecule has 0 radical (unpaired) electrons. The molecular formula is C14H22N2O. The summed E-state index contributed by atoms with van der Waals surface area (Å²) in [6, 6.07) is 10.6. The zero-order valence-electron chi connectivity index (χ0n) is 10.3. The van der Waals surface area contributed by atoms with E-state index in [-0.39, 0.29) is 0 Å². The highest BCUT2D eigenvalue weighted by Gasteiger charge is 2.18. The quantitative estimate of drug-likeness (QED) is 0.810. The molecular weight excluding hydrogens is 212 g/mol. The summed E-state index contributed by atoms with van der Waals surface area (Å²) in [6.45, 7) is 5.62. The van der Waals surface area contributed by atoms with Crippen LogP contribution in [-0.2, 0) is 11.3 Å². The maximum absolute atomic E-state index is 5.68. The van der Waals surface area contributed by atoms with Crippen molar-refractivity contribution in [1.82, 2.24) is 4.90 Å². The fourth-order valence-corrected chi connectivity index (χ4v) is 2.35. The van der Waals surface area contributed by atoms with E-state index in [1.165, 1.54) is 12.0 Å². The van der Waals surface area contributed by atoms with E-state index in [4.69, 9.17) is 10.5 Å². The molecule has 1 aromatic carbocycles. The number of hydrogen-bond donors (Lipinski definition) is 1. The van der Waals surface area contributed by atoms with Crippen LogP contribution in [-0.4, -0.2) is 37.7 Å². The molecule has 2 rings (SSSR count). The SMILES string of the molecule is NCCN(Cc1ccccc1)CC1CCOC1. The maximum atomic E-state index is 5.68. The second-order valence-electron chi connectivity index (χ2n) is 4.74. The van der Waals surface area contributed by atoms with Crippen LogP contribution in [0, 0.1) is 5.92 Å². The van der Waals surface area contributed by atoms with Gasteiger partial charge in [0.1, 0.15) is 0 Å². The minimum atomic E-state index is 0.685. The lowest BCUT2D eigenvalue weighted by atomic mass is 10.1. The molecule has 0 bridgehead atoms. The van der Waals surface area contributed by atoms with E-state index in [0.29, 0.717) is 5.92 Å². The molecule has 1 fully saturated rings. The maximum Gasteiger partial charge on any atom is 0.0507 e. The summed E-state index contributed by atoms with van der Waals surface area (Å²) in [5.74, 6) is 0.685. The molecule has 3 nitrogen and oxygen atoms in total.